The Balaban J connectivity index is 1.77. The minimum Gasteiger partial charge on any atom is -0.469 e. The minimum atomic E-state index is -1.36. The highest BCUT2D eigenvalue weighted by molar-refractivity contribution is 7.11. The molecule has 0 radical (unpaired) electrons. The minimum absolute atomic E-state index is 0.287. The van der Waals surface area contributed by atoms with E-state index in [4.69, 9.17) is 26.1 Å². The highest BCUT2D eigenvalue weighted by Crippen LogP contribution is 2.46. The Morgan fingerprint density at radius 1 is 1.19 bits per heavy atom. The van der Waals surface area contributed by atoms with E-state index in [1.165, 1.54) is 9.75 Å². The van der Waals surface area contributed by atoms with Crippen molar-refractivity contribution in [3.8, 4) is 0 Å². The third-order valence-corrected chi connectivity index (χ3v) is 7.06. The molecule has 6 nitrogen and oxygen atoms in total. The van der Waals surface area contributed by atoms with Gasteiger partial charge in [0, 0.05) is 33.2 Å². The molecule has 1 aromatic heterocycles. The lowest BCUT2D eigenvalue weighted by atomic mass is 9.86. The number of ether oxygens (including phenoxy) is 2. The second kappa shape index (κ2) is 8.81. The predicted octanol–water partition coefficient (Wildman–Crippen LogP) is 3.41. The maximum atomic E-state index is 10.8. The van der Waals surface area contributed by atoms with Gasteiger partial charge < -0.3 is 24.8 Å². The van der Waals surface area contributed by atoms with Crippen LogP contribution in [0.1, 0.15) is 41.1 Å². The number of aliphatic hydroxyl groups is 3. The average Bonchev–Trinajstić information content (AvgIpc) is 3.29. The summed E-state index contributed by atoms with van der Waals surface area (Å²) in [5, 5.41) is 31.6. The van der Waals surface area contributed by atoms with Crippen LogP contribution in [0.5, 0.6) is 0 Å². The number of aliphatic hydroxyl groups excluding tert-OH is 3. The fraction of sp³-hybridized carbons (Fsp3) is 0.522. The van der Waals surface area contributed by atoms with Crippen LogP contribution in [-0.4, -0.2) is 52.2 Å². The molecule has 0 amide bonds. The molecule has 0 bridgehead atoms. The standard InChI is InChI=1S/C23H28ClNO5S/c1-12(2)8-19-25-23(22(29-19)21(28)20(27)18(11-26)30-23)15-5-7-17(24)14(9-15)10-16-6-4-13(3)31-16/h4-7,9,12,18,20-22,26-28H,8,10-11H2,1-3H3/t18-,20-,21+,22?,23?/m1/s1. The molecule has 0 spiro atoms. The maximum absolute atomic E-state index is 10.8. The van der Waals surface area contributed by atoms with Crippen LogP contribution in [-0.2, 0) is 21.6 Å². The molecular weight excluding hydrogens is 438 g/mol. The normalized spacial score (nSPS) is 30.3. The number of hydrogen-bond donors (Lipinski definition) is 3. The lowest BCUT2D eigenvalue weighted by Gasteiger charge is -2.44. The molecule has 2 unspecified atom stereocenters. The van der Waals surface area contributed by atoms with Crippen molar-refractivity contribution in [2.24, 2.45) is 10.9 Å². The Morgan fingerprint density at radius 2 is 1.97 bits per heavy atom. The van der Waals surface area contributed by atoms with Gasteiger partial charge in [0.25, 0.3) is 0 Å². The van der Waals surface area contributed by atoms with Crippen LogP contribution in [0.3, 0.4) is 0 Å². The summed E-state index contributed by atoms with van der Waals surface area (Å²) >= 11 is 8.22. The van der Waals surface area contributed by atoms with Crippen LogP contribution in [0.2, 0.25) is 5.02 Å². The maximum Gasteiger partial charge on any atom is 0.228 e. The van der Waals surface area contributed by atoms with Crippen molar-refractivity contribution < 1.29 is 24.8 Å². The first-order valence-electron chi connectivity index (χ1n) is 10.5. The van der Waals surface area contributed by atoms with E-state index in [2.05, 4.69) is 19.1 Å². The van der Waals surface area contributed by atoms with Gasteiger partial charge in [0.05, 0.1) is 6.61 Å². The second-order valence-corrected chi connectivity index (χ2v) is 10.4. The van der Waals surface area contributed by atoms with E-state index >= 15 is 0 Å². The first-order chi connectivity index (χ1) is 14.7. The number of rotatable bonds is 6. The summed E-state index contributed by atoms with van der Waals surface area (Å²) < 4.78 is 12.2. The molecule has 168 valence electrons. The number of thiophene rings is 1. The molecule has 2 aromatic rings. The van der Waals surface area contributed by atoms with Gasteiger partial charge in [-0.1, -0.05) is 31.5 Å². The van der Waals surface area contributed by atoms with Crippen LogP contribution in [0.15, 0.2) is 35.3 Å². The number of hydrogen-bond acceptors (Lipinski definition) is 7. The van der Waals surface area contributed by atoms with Crippen molar-refractivity contribution in [3.63, 3.8) is 0 Å². The molecule has 8 heteroatoms. The fourth-order valence-corrected chi connectivity index (χ4v) is 5.28. The second-order valence-electron chi connectivity index (χ2n) is 8.65. The van der Waals surface area contributed by atoms with E-state index < -0.39 is 36.7 Å². The predicted molar refractivity (Wildman–Crippen MR) is 121 cm³/mol. The SMILES string of the molecule is Cc1ccc(Cc2cc(C34N=C(CC(C)C)OC3[C@@H](O)[C@H](O)[C@@H](CO)O4)ccc2Cl)s1. The molecule has 3 N–H and O–H groups in total. The Labute approximate surface area is 191 Å². The number of benzene rings is 1. The molecule has 2 aliphatic heterocycles. The average molecular weight is 466 g/mol. The van der Waals surface area contributed by atoms with Crippen molar-refractivity contribution in [2.45, 2.75) is 63.8 Å². The Morgan fingerprint density at radius 3 is 2.61 bits per heavy atom. The van der Waals surface area contributed by atoms with Gasteiger partial charge in [-0.15, -0.1) is 11.3 Å². The van der Waals surface area contributed by atoms with Gasteiger partial charge in [-0.05, 0) is 42.7 Å². The van der Waals surface area contributed by atoms with Gasteiger partial charge in [0.2, 0.25) is 5.72 Å². The first kappa shape index (κ1) is 22.7. The Kier molecular flexibility index (Phi) is 6.45. The monoisotopic (exact) mass is 465 g/mol. The highest BCUT2D eigenvalue weighted by atomic mass is 35.5. The highest BCUT2D eigenvalue weighted by Gasteiger charge is 2.60. The van der Waals surface area contributed by atoms with Gasteiger partial charge in [0.15, 0.2) is 12.0 Å². The lowest BCUT2D eigenvalue weighted by molar-refractivity contribution is -0.262. The van der Waals surface area contributed by atoms with Gasteiger partial charge in [-0.2, -0.15) is 0 Å². The lowest BCUT2D eigenvalue weighted by Crippen LogP contribution is -2.61. The Bertz CT molecular complexity index is 977. The zero-order valence-corrected chi connectivity index (χ0v) is 19.4. The number of nitrogens with zero attached hydrogens (tertiary/aromatic N) is 1. The number of fused-ring (bicyclic) bond motifs is 1. The van der Waals surface area contributed by atoms with Crippen LogP contribution in [0.4, 0.5) is 0 Å². The summed E-state index contributed by atoms with van der Waals surface area (Å²) in [6.07, 6.45) is -3.23. The number of aryl methyl sites for hydroxylation is 1. The van der Waals surface area contributed by atoms with Crippen LogP contribution >= 0.6 is 22.9 Å². The molecule has 4 rings (SSSR count). The van der Waals surface area contributed by atoms with Crippen molar-refractivity contribution in [3.05, 3.63) is 56.2 Å². The molecular formula is C23H28ClNO5S. The van der Waals surface area contributed by atoms with Gasteiger partial charge >= 0.3 is 0 Å². The third kappa shape index (κ3) is 4.27. The van der Waals surface area contributed by atoms with Crippen molar-refractivity contribution >= 4 is 28.8 Å². The molecule has 0 aliphatic carbocycles. The van der Waals surface area contributed by atoms with E-state index in [-0.39, 0.29) is 5.92 Å². The summed E-state index contributed by atoms with van der Waals surface area (Å²) in [5.74, 6) is 0.754. The van der Waals surface area contributed by atoms with Gasteiger partial charge in [-0.25, -0.2) is 4.99 Å². The largest absolute Gasteiger partial charge is 0.469 e. The smallest absolute Gasteiger partial charge is 0.228 e. The zero-order valence-electron chi connectivity index (χ0n) is 17.8. The quantitative estimate of drug-likeness (QED) is 0.608. The van der Waals surface area contributed by atoms with E-state index in [1.807, 2.05) is 26.0 Å². The van der Waals surface area contributed by atoms with Gasteiger partial charge in [-0.3, -0.25) is 0 Å². The van der Waals surface area contributed by atoms with Crippen molar-refractivity contribution in [1.82, 2.24) is 0 Å². The molecule has 31 heavy (non-hydrogen) atoms. The molecule has 5 atom stereocenters. The summed E-state index contributed by atoms with van der Waals surface area (Å²) in [5.41, 5.74) is 0.223. The van der Waals surface area contributed by atoms with E-state index in [0.29, 0.717) is 29.3 Å². The number of aliphatic imine (C=N–C) groups is 1. The van der Waals surface area contributed by atoms with Crippen molar-refractivity contribution in [1.29, 1.82) is 0 Å². The molecule has 1 aromatic carbocycles. The molecule has 0 saturated carbocycles. The zero-order chi connectivity index (χ0) is 22.3. The Hall–Kier alpha value is -1.48. The van der Waals surface area contributed by atoms with Gasteiger partial charge in [0.1, 0.15) is 18.3 Å². The number of halogens is 1. The fourth-order valence-electron chi connectivity index (χ4n) is 4.18. The van der Waals surface area contributed by atoms with Crippen molar-refractivity contribution in [2.75, 3.05) is 6.61 Å². The van der Waals surface area contributed by atoms with E-state index in [1.54, 1.807) is 17.4 Å². The molecule has 1 fully saturated rings. The topological polar surface area (TPSA) is 91.5 Å². The molecule has 1 saturated heterocycles. The third-order valence-electron chi connectivity index (χ3n) is 5.69. The van der Waals surface area contributed by atoms with Crippen LogP contribution in [0, 0.1) is 12.8 Å². The first-order valence-corrected chi connectivity index (χ1v) is 11.7. The van der Waals surface area contributed by atoms with E-state index in [9.17, 15) is 15.3 Å². The molecule has 2 aliphatic rings. The van der Waals surface area contributed by atoms with Crippen LogP contribution < -0.4 is 0 Å². The molecule has 3 heterocycles. The summed E-state index contributed by atoms with van der Waals surface area (Å²) in [6, 6.07) is 9.69. The van der Waals surface area contributed by atoms with Crippen LogP contribution in [0.25, 0.3) is 0 Å². The summed E-state index contributed by atoms with van der Waals surface area (Å²) in [4.78, 5) is 7.18. The van der Waals surface area contributed by atoms with E-state index in [0.717, 1.165) is 5.56 Å². The summed E-state index contributed by atoms with van der Waals surface area (Å²) in [7, 11) is 0. The summed E-state index contributed by atoms with van der Waals surface area (Å²) in [6.45, 7) is 5.71.